The van der Waals surface area contributed by atoms with Crippen LogP contribution < -0.4 is 10.6 Å². The second kappa shape index (κ2) is 7.19. The zero-order valence-electron chi connectivity index (χ0n) is 10.8. The molecular weight excluding hydrogens is 358 g/mol. The Morgan fingerprint density at radius 2 is 2.14 bits per heavy atom. The molecule has 0 fully saturated rings. The van der Waals surface area contributed by atoms with Gasteiger partial charge in [0.2, 0.25) is 0 Å². The summed E-state index contributed by atoms with van der Waals surface area (Å²) in [5.41, 5.74) is 0.510. The summed E-state index contributed by atoms with van der Waals surface area (Å²) in [5, 5.41) is 17.1. The van der Waals surface area contributed by atoms with Crippen LogP contribution in [0.2, 0.25) is 0 Å². The number of aromatic nitrogens is 1. The number of thiazole rings is 1. The summed E-state index contributed by atoms with van der Waals surface area (Å²) in [4.78, 5) is 26.8. The number of carboxylic acid groups (broad SMARTS) is 1. The summed E-state index contributed by atoms with van der Waals surface area (Å²) in [6.07, 6.45) is 2.37. The molecule has 0 bridgehead atoms. The first kappa shape index (κ1) is 15.5. The smallest absolute Gasteiger partial charge is 0.335 e. The summed E-state index contributed by atoms with van der Waals surface area (Å²) < 4.78 is 0.584. The Labute approximate surface area is 133 Å². The Hall–Kier alpha value is -1.93. The van der Waals surface area contributed by atoms with Crippen molar-refractivity contribution in [2.24, 2.45) is 0 Å². The zero-order chi connectivity index (χ0) is 15.2. The third-order valence-corrected chi connectivity index (χ3v) is 3.81. The SMILES string of the molecule is O=C(NCCc1nccs1)Nc1cc(Br)cc(C(=O)O)c1. The van der Waals surface area contributed by atoms with E-state index in [1.807, 2.05) is 5.38 Å². The van der Waals surface area contributed by atoms with E-state index in [1.165, 1.54) is 23.5 Å². The molecule has 0 aliphatic heterocycles. The van der Waals surface area contributed by atoms with E-state index in [0.717, 1.165) is 5.01 Å². The van der Waals surface area contributed by atoms with Crippen LogP contribution in [0.25, 0.3) is 0 Å². The molecule has 2 rings (SSSR count). The van der Waals surface area contributed by atoms with Crippen molar-refractivity contribution in [3.8, 4) is 0 Å². The molecule has 0 unspecified atom stereocenters. The number of carbonyl (C=O) groups is 2. The molecule has 0 saturated carbocycles. The fraction of sp³-hybridized carbons (Fsp3) is 0.154. The Balaban J connectivity index is 1.88. The Morgan fingerprint density at radius 3 is 2.81 bits per heavy atom. The summed E-state index contributed by atoms with van der Waals surface area (Å²) >= 11 is 4.74. The lowest BCUT2D eigenvalue weighted by Crippen LogP contribution is -2.30. The van der Waals surface area contributed by atoms with Crippen molar-refractivity contribution in [1.29, 1.82) is 0 Å². The van der Waals surface area contributed by atoms with E-state index in [-0.39, 0.29) is 11.6 Å². The van der Waals surface area contributed by atoms with Crippen LogP contribution >= 0.6 is 27.3 Å². The van der Waals surface area contributed by atoms with E-state index in [2.05, 4.69) is 31.5 Å². The monoisotopic (exact) mass is 369 g/mol. The molecule has 110 valence electrons. The number of benzene rings is 1. The minimum absolute atomic E-state index is 0.0995. The summed E-state index contributed by atoms with van der Waals surface area (Å²) in [7, 11) is 0. The topological polar surface area (TPSA) is 91.3 Å². The Kier molecular flexibility index (Phi) is 5.29. The minimum Gasteiger partial charge on any atom is -0.478 e. The fourth-order valence-electron chi connectivity index (χ4n) is 1.62. The highest BCUT2D eigenvalue weighted by molar-refractivity contribution is 9.10. The maximum Gasteiger partial charge on any atom is 0.335 e. The van der Waals surface area contributed by atoms with Crippen molar-refractivity contribution >= 4 is 45.0 Å². The van der Waals surface area contributed by atoms with Gasteiger partial charge in [0.15, 0.2) is 0 Å². The second-order valence-electron chi connectivity index (χ2n) is 4.09. The lowest BCUT2D eigenvalue weighted by atomic mass is 10.2. The molecule has 6 nitrogen and oxygen atoms in total. The lowest BCUT2D eigenvalue weighted by molar-refractivity contribution is 0.0697. The van der Waals surface area contributed by atoms with Crippen LogP contribution in [0.3, 0.4) is 0 Å². The molecule has 2 amide bonds. The van der Waals surface area contributed by atoms with Gasteiger partial charge in [0.1, 0.15) is 0 Å². The third kappa shape index (κ3) is 4.83. The first-order valence-electron chi connectivity index (χ1n) is 6.01. The van der Waals surface area contributed by atoms with Gasteiger partial charge in [-0.05, 0) is 18.2 Å². The van der Waals surface area contributed by atoms with Crippen LogP contribution in [0.5, 0.6) is 0 Å². The first-order chi connectivity index (χ1) is 10.0. The van der Waals surface area contributed by atoms with Crippen LogP contribution in [0.4, 0.5) is 10.5 Å². The predicted molar refractivity (Wildman–Crippen MR) is 83.9 cm³/mol. The van der Waals surface area contributed by atoms with Crippen LogP contribution in [0, 0.1) is 0 Å². The van der Waals surface area contributed by atoms with E-state index >= 15 is 0 Å². The van der Waals surface area contributed by atoms with Crippen LogP contribution in [0.15, 0.2) is 34.2 Å². The second-order valence-corrected chi connectivity index (χ2v) is 5.99. The molecule has 8 heteroatoms. The van der Waals surface area contributed by atoms with E-state index in [9.17, 15) is 9.59 Å². The van der Waals surface area contributed by atoms with E-state index in [1.54, 1.807) is 12.3 Å². The van der Waals surface area contributed by atoms with Gasteiger partial charge in [0, 0.05) is 34.7 Å². The molecule has 1 heterocycles. The summed E-state index contributed by atoms with van der Waals surface area (Å²) in [6, 6.07) is 4.11. The van der Waals surface area contributed by atoms with Gasteiger partial charge in [0.05, 0.1) is 10.6 Å². The van der Waals surface area contributed by atoms with Crippen LogP contribution in [-0.2, 0) is 6.42 Å². The van der Waals surface area contributed by atoms with Gasteiger partial charge >= 0.3 is 12.0 Å². The zero-order valence-corrected chi connectivity index (χ0v) is 13.2. The first-order valence-corrected chi connectivity index (χ1v) is 7.69. The van der Waals surface area contributed by atoms with Gasteiger partial charge in [-0.2, -0.15) is 0 Å². The Bertz CT molecular complexity index is 646. The van der Waals surface area contributed by atoms with Gasteiger partial charge < -0.3 is 15.7 Å². The predicted octanol–water partition coefficient (Wildman–Crippen LogP) is 2.97. The standard InChI is InChI=1S/C13H12BrN3O3S/c14-9-5-8(12(18)19)6-10(7-9)17-13(20)16-2-1-11-15-3-4-21-11/h3-7H,1-2H2,(H,18,19)(H2,16,17,20). The van der Waals surface area contributed by atoms with Crippen LogP contribution in [-0.4, -0.2) is 28.6 Å². The molecule has 3 N–H and O–H groups in total. The van der Waals surface area contributed by atoms with Crippen molar-refractivity contribution in [1.82, 2.24) is 10.3 Å². The number of hydrogen-bond donors (Lipinski definition) is 3. The number of hydrogen-bond acceptors (Lipinski definition) is 4. The number of urea groups is 1. The lowest BCUT2D eigenvalue weighted by Gasteiger charge is -2.08. The third-order valence-electron chi connectivity index (χ3n) is 2.51. The number of rotatable bonds is 5. The Morgan fingerprint density at radius 1 is 1.33 bits per heavy atom. The molecule has 1 aromatic heterocycles. The van der Waals surface area contributed by atoms with Crippen molar-refractivity contribution in [3.63, 3.8) is 0 Å². The summed E-state index contributed by atoms with van der Waals surface area (Å²) in [6.45, 7) is 0.457. The quantitative estimate of drug-likeness (QED) is 0.755. The molecule has 1 aromatic carbocycles. The maximum absolute atomic E-state index is 11.7. The highest BCUT2D eigenvalue weighted by atomic mass is 79.9. The molecule has 0 atom stereocenters. The molecule has 21 heavy (non-hydrogen) atoms. The van der Waals surface area contributed by atoms with Crippen molar-refractivity contribution in [2.75, 3.05) is 11.9 Å². The number of carboxylic acids is 1. The molecule has 0 aliphatic carbocycles. The van der Waals surface area contributed by atoms with Crippen molar-refractivity contribution in [3.05, 3.63) is 44.8 Å². The number of halogens is 1. The van der Waals surface area contributed by atoms with Gasteiger partial charge in [-0.15, -0.1) is 11.3 Å². The summed E-state index contributed by atoms with van der Waals surface area (Å²) in [5.74, 6) is -1.05. The number of aromatic carboxylic acids is 1. The fourth-order valence-corrected chi connectivity index (χ4v) is 2.73. The average Bonchev–Trinajstić information content (AvgIpc) is 2.91. The number of carbonyl (C=O) groups excluding carboxylic acids is 1. The number of nitrogens with zero attached hydrogens (tertiary/aromatic N) is 1. The minimum atomic E-state index is -1.05. The van der Waals surface area contributed by atoms with E-state index < -0.39 is 5.97 Å². The van der Waals surface area contributed by atoms with Gasteiger partial charge in [0.25, 0.3) is 0 Å². The normalized spacial score (nSPS) is 10.1. The van der Waals surface area contributed by atoms with E-state index in [4.69, 9.17) is 5.11 Å². The van der Waals surface area contributed by atoms with Crippen molar-refractivity contribution in [2.45, 2.75) is 6.42 Å². The maximum atomic E-state index is 11.7. The largest absolute Gasteiger partial charge is 0.478 e. The molecule has 0 radical (unpaired) electrons. The molecular formula is C13H12BrN3O3S. The number of nitrogens with one attached hydrogen (secondary N) is 2. The van der Waals surface area contributed by atoms with Gasteiger partial charge in [-0.3, -0.25) is 0 Å². The van der Waals surface area contributed by atoms with Gasteiger partial charge in [-0.1, -0.05) is 15.9 Å². The molecule has 0 spiro atoms. The molecule has 2 aromatic rings. The van der Waals surface area contributed by atoms with Crippen LogP contribution in [0.1, 0.15) is 15.4 Å². The van der Waals surface area contributed by atoms with Crippen molar-refractivity contribution < 1.29 is 14.7 Å². The highest BCUT2D eigenvalue weighted by Gasteiger charge is 2.08. The highest BCUT2D eigenvalue weighted by Crippen LogP contribution is 2.19. The number of anilines is 1. The van der Waals surface area contributed by atoms with E-state index in [0.29, 0.717) is 23.1 Å². The average molecular weight is 370 g/mol. The number of amides is 2. The molecule has 0 saturated heterocycles. The molecule has 0 aliphatic rings. The van der Waals surface area contributed by atoms with Gasteiger partial charge in [-0.25, -0.2) is 14.6 Å².